The zero-order valence-electron chi connectivity index (χ0n) is 6.33. The van der Waals surface area contributed by atoms with Gasteiger partial charge in [0.1, 0.15) is 0 Å². The minimum Gasteiger partial charge on any atom is -0.144 e. The first kappa shape index (κ1) is 7.84. The first-order valence-corrected chi connectivity index (χ1v) is 4.92. The van der Waals surface area contributed by atoms with E-state index in [2.05, 4.69) is 11.4 Å². The molecule has 2 heteroatoms. The maximum Gasteiger partial charge on any atom is 0.0492 e. The average Bonchev–Trinajstić information content (AvgIpc) is 2.57. The molecule has 60 valence electrons. The highest BCUT2D eigenvalue weighted by molar-refractivity contribution is 7.13. The smallest absolute Gasteiger partial charge is 0.0492 e. The van der Waals surface area contributed by atoms with E-state index in [0.29, 0.717) is 0 Å². The van der Waals surface area contributed by atoms with Gasteiger partial charge in [0.25, 0.3) is 0 Å². The number of hydrogen-bond donors (Lipinski definition) is 0. The van der Waals surface area contributed by atoms with Crippen molar-refractivity contribution in [2.45, 2.75) is 0 Å². The van der Waals surface area contributed by atoms with Crippen LogP contribution in [0.4, 0.5) is 0 Å². The van der Waals surface area contributed by atoms with Crippen molar-refractivity contribution < 1.29 is 0 Å². The molecule has 0 amide bonds. The number of benzene rings is 1. The Kier molecular flexibility index (Phi) is 2.15. The van der Waals surface area contributed by atoms with Crippen LogP contribution in [0.3, 0.4) is 0 Å². The molecule has 0 fully saturated rings. The molecule has 0 atom stereocenters. The summed E-state index contributed by atoms with van der Waals surface area (Å²) in [5, 5.41) is 2.87. The van der Waals surface area contributed by atoms with Crippen LogP contribution in [0.15, 0.2) is 41.8 Å². The van der Waals surface area contributed by atoms with E-state index in [-0.39, 0.29) is 0 Å². The molecule has 0 nitrogen and oxygen atoms in total. The van der Waals surface area contributed by atoms with Gasteiger partial charge in [-0.05, 0) is 17.5 Å². The van der Waals surface area contributed by atoms with E-state index in [0.717, 1.165) is 10.6 Å². The van der Waals surface area contributed by atoms with Crippen molar-refractivity contribution in [1.82, 2.24) is 0 Å². The predicted molar refractivity (Wildman–Crippen MR) is 54.8 cm³/mol. The van der Waals surface area contributed by atoms with Crippen LogP contribution < -0.4 is 0 Å². The zero-order chi connectivity index (χ0) is 8.39. The summed E-state index contributed by atoms with van der Waals surface area (Å²) in [6.07, 6.45) is 0. The monoisotopic (exact) mass is 194 g/mol. The van der Waals surface area contributed by atoms with Gasteiger partial charge in [0.2, 0.25) is 0 Å². The van der Waals surface area contributed by atoms with Gasteiger partial charge in [-0.1, -0.05) is 35.9 Å². The van der Waals surface area contributed by atoms with Crippen molar-refractivity contribution >= 4 is 22.9 Å². The van der Waals surface area contributed by atoms with Crippen LogP contribution in [-0.4, -0.2) is 0 Å². The molecule has 2 aromatic rings. The second-order valence-electron chi connectivity index (χ2n) is 2.46. The average molecular weight is 195 g/mol. The van der Waals surface area contributed by atoms with E-state index in [4.69, 9.17) is 11.6 Å². The topological polar surface area (TPSA) is 0 Å². The zero-order valence-corrected chi connectivity index (χ0v) is 7.90. The van der Waals surface area contributed by atoms with Gasteiger partial charge < -0.3 is 0 Å². The highest BCUT2D eigenvalue weighted by Gasteiger charge is 2.01. The van der Waals surface area contributed by atoms with E-state index in [1.54, 1.807) is 11.3 Å². The third kappa shape index (κ3) is 1.38. The molecule has 0 bridgehead atoms. The van der Waals surface area contributed by atoms with Gasteiger partial charge in [-0.25, -0.2) is 0 Å². The van der Waals surface area contributed by atoms with E-state index < -0.39 is 0 Å². The lowest BCUT2D eigenvalue weighted by molar-refractivity contribution is 1.70. The minimum absolute atomic E-state index is 0.819. The molecule has 1 aromatic heterocycles. The fraction of sp³-hybridized carbons (Fsp3) is 0. The van der Waals surface area contributed by atoms with Crippen molar-refractivity contribution in [1.29, 1.82) is 0 Å². The third-order valence-corrected chi connectivity index (χ3v) is 2.89. The predicted octanol–water partition coefficient (Wildman–Crippen LogP) is 4.07. The summed E-state index contributed by atoms with van der Waals surface area (Å²) in [5.74, 6) is 0. The molecule has 0 aliphatic carbocycles. The van der Waals surface area contributed by atoms with Crippen LogP contribution >= 0.6 is 22.9 Å². The van der Waals surface area contributed by atoms with Crippen molar-refractivity contribution in [2.75, 3.05) is 0 Å². The summed E-state index contributed by atoms with van der Waals surface area (Å²) in [6, 6.07) is 12.0. The summed E-state index contributed by atoms with van der Waals surface area (Å²) in [5.41, 5.74) is 1.12. The Morgan fingerprint density at radius 2 is 1.83 bits per heavy atom. The molecule has 12 heavy (non-hydrogen) atoms. The molecule has 0 N–H and O–H groups in total. The Morgan fingerprint density at radius 3 is 2.50 bits per heavy atom. The second-order valence-corrected chi connectivity index (χ2v) is 3.81. The first-order chi connectivity index (χ1) is 5.88. The lowest BCUT2D eigenvalue weighted by Crippen LogP contribution is -1.72. The summed E-state index contributed by atoms with van der Waals surface area (Å²) in [7, 11) is 0. The van der Waals surface area contributed by atoms with Gasteiger partial charge in [-0.3, -0.25) is 0 Å². The fourth-order valence-corrected chi connectivity index (χ4v) is 2.15. The fourth-order valence-electron chi connectivity index (χ4n) is 1.09. The highest BCUT2D eigenvalue weighted by atomic mass is 35.5. The molecule has 1 heterocycles. The Labute approximate surface area is 80.4 Å². The Balaban J connectivity index is 2.55. The van der Waals surface area contributed by atoms with E-state index in [1.807, 2.05) is 30.3 Å². The van der Waals surface area contributed by atoms with Crippen LogP contribution in [0.1, 0.15) is 0 Å². The summed E-state index contributed by atoms with van der Waals surface area (Å²) in [4.78, 5) is 1.22. The lowest BCUT2D eigenvalue weighted by Gasteiger charge is -1.98. The van der Waals surface area contributed by atoms with Crippen molar-refractivity contribution in [2.24, 2.45) is 0 Å². The largest absolute Gasteiger partial charge is 0.144 e. The van der Waals surface area contributed by atoms with E-state index in [9.17, 15) is 0 Å². The Bertz CT molecular complexity index is 365. The molecule has 0 aliphatic heterocycles. The van der Waals surface area contributed by atoms with Gasteiger partial charge in [-0.2, -0.15) is 0 Å². The molecule has 0 saturated carbocycles. The normalized spacial score (nSPS) is 10.1. The quantitative estimate of drug-likeness (QED) is 0.642. The van der Waals surface area contributed by atoms with Crippen LogP contribution in [0.25, 0.3) is 10.4 Å². The van der Waals surface area contributed by atoms with Gasteiger partial charge in [-0.15, -0.1) is 11.3 Å². The first-order valence-electron chi connectivity index (χ1n) is 3.66. The molecule has 0 unspecified atom stereocenters. The van der Waals surface area contributed by atoms with Crippen LogP contribution in [0.2, 0.25) is 5.02 Å². The SMILES string of the molecule is Clc1ccccc1-c1cccs1. The summed E-state index contributed by atoms with van der Waals surface area (Å²) < 4.78 is 0. The Hall–Kier alpha value is -0.790. The summed E-state index contributed by atoms with van der Waals surface area (Å²) >= 11 is 7.73. The molecule has 0 radical (unpaired) electrons. The van der Waals surface area contributed by atoms with E-state index in [1.165, 1.54) is 4.88 Å². The molecule has 0 spiro atoms. The number of rotatable bonds is 1. The van der Waals surface area contributed by atoms with Gasteiger partial charge in [0.05, 0.1) is 0 Å². The third-order valence-electron chi connectivity index (χ3n) is 1.66. The van der Waals surface area contributed by atoms with Gasteiger partial charge in [0, 0.05) is 15.5 Å². The molecule has 0 aliphatic rings. The van der Waals surface area contributed by atoms with Crippen LogP contribution in [0.5, 0.6) is 0 Å². The van der Waals surface area contributed by atoms with Crippen molar-refractivity contribution in [3.05, 3.63) is 46.8 Å². The molecule has 0 saturated heterocycles. The maximum atomic E-state index is 6.02. The van der Waals surface area contributed by atoms with E-state index >= 15 is 0 Å². The molecule has 1 aromatic carbocycles. The number of thiophene rings is 1. The molecule has 2 rings (SSSR count). The number of halogens is 1. The minimum atomic E-state index is 0.819. The molecular weight excluding hydrogens is 188 g/mol. The highest BCUT2D eigenvalue weighted by Crippen LogP contribution is 2.30. The Morgan fingerprint density at radius 1 is 1.00 bits per heavy atom. The second kappa shape index (κ2) is 3.30. The van der Waals surface area contributed by atoms with Crippen LogP contribution in [0, 0.1) is 0 Å². The van der Waals surface area contributed by atoms with Crippen LogP contribution in [-0.2, 0) is 0 Å². The standard InChI is InChI=1S/C10H7ClS/c11-9-5-2-1-4-8(9)10-6-3-7-12-10/h1-7H. The molecular formula is C10H7ClS. The van der Waals surface area contributed by atoms with Crippen molar-refractivity contribution in [3.63, 3.8) is 0 Å². The summed E-state index contributed by atoms with van der Waals surface area (Å²) in [6.45, 7) is 0. The van der Waals surface area contributed by atoms with Gasteiger partial charge in [0.15, 0.2) is 0 Å². The van der Waals surface area contributed by atoms with Crippen molar-refractivity contribution in [3.8, 4) is 10.4 Å². The van der Waals surface area contributed by atoms with Gasteiger partial charge >= 0.3 is 0 Å². The number of hydrogen-bond acceptors (Lipinski definition) is 1. The maximum absolute atomic E-state index is 6.02. The lowest BCUT2D eigenvalue weighted by atomic mass is 10.2.